The van der Waals surface area contributed by atoms with Gasteiger partial charge < -0.3 is 15.2 Å². The molecule has 8 heteroatoms. The van der Waals surface area contributed by atoms with Gasteiger partial charge in [0.25, 0.3) is 11.6 Å². The summed E-state index contributed by atoms with van der Waals surface area (Å²) in [5, 5.41) is 21.6. The minimum absolute atomic E-state index is 0.128. The number of halogens is 1. The van der Waals surface area contributed by atoms with Crippen LogP contribution in [0.2, 0.25) is 0 Å². The van der Waals surface area contributed by atoms with Gasteiger partial charge in [-0.3, -0.25) is 14.9 Å². The monoisotopic (exact) mass is 272 g/mol. The number of nitrogens with one attached hydrogen (secondary N) is 1. The lowest BCUT2D eigenvalue weighted by molar-refractivity contribution is -0.385. The number of hydrogen-bond acceptors (Lipinski definition) is 5. The van der Waals surface area contributed by atoms with Gasteiger partial charge >= 0.3 is 0 Å². The zero-order valence-corrected chi connectivity index (χ0v) is 9.97. The highest BCUT2D eigenvalue weighted by molar-refractivity contribution is 5.98. The number of rotatable bonds is 7. The van der Waals surface area contributed by atoms with Crippen LogP contribution in [0.5, 0.6) is 0 Å². The summed E-state index contributed by atoms with van der Waals surface area (Å²) in [5.74, 6) is -1.46. The molecule has 2 N–H and O–H groups in total. The van der Waals surface area contributed by atoms with Crippen molar-refractivity contribution < 1.29 is 24.0 Å². The number of carbonyl (C=O) groups excluding carboxylic acids is 1. The number of aliphatic hydroxyl groups excluding tert-OH is 1. The molecule has 104 valence electrons. The number of nitro groups is 1. The van der Waals surface area contributed by atoms with Crippen LogP contribution in [-0.2, 0) is 4.74 Å². The molecular weight excluding hydrogens is 259 g/mol. The molecule has 0 spiro atoms. The Morgan fingerprint density at radius 3 is 2.84 bits per heavy atom. The normalized spacial score (nSPS) is 10.2. The zero-order valence-electron chi connectivity index (χ0n) is 9.97. The van der Waals surface area contributed by atoms with Gasteiger partial charge in [-0.2, -0.15) is 0 Å². The highest BCUT2D eigenvalue weighted by Gasteiger charge is 2.20. The standard InChI is InChI=1S/C11H13FN2O5/c12-8-1-2-9(10(7-8)14(17)18)11(16)13-3-5-19-6-4-15/h1-2,7,15H,3-6H2,(H,13,16). The average molecular weight is 272 g/mol. The molecule has 0 bridgehead atoms. The number of nitrogens with zero attached hydrogens (tertiary/aromatic N) is 1. The Labute approximate surface area is 108 Å². The molecule has 0 saturated heterocycles. The Morgan fingerprint density at radius 1 is 1.47 bits per heavy atom. The third kappa shape index (κ3) is 4.60. The molecule has 7 nitrogen and oxygen atoms in total. The minimum Gasteiger partial charge on any atom is -0.394 e. The van der Waals surface area contributed by atoms with Gasteiger partial charge in [-0.1, -0.05) is 0 Å². The summed E-state index contributed by atoms with van der Waals surface area (Å²) in [6.07, 6.45) is 0. The van der Waals surface area contributed by atoms with Crippen LogP contribution in [0.25, 0.3) is 0 Å². The second-order valence-corrected chi connectivity index (χ2v) is 3.51. The van der Waals surface area contributed by atoms with E-state index in [0.717, 1.165) is 12.1 Å². The molecule has 0 aromatic heterocycles. The summed E-state index contributed by atoms with van der Waals surface area (Å²) in [5.41, 5.74) is -0.803. The summed E-state index contributed by atoms with van der Waals surface area (Å²) < 4.78 is 17.8. The molecule has 1 aromatic rings. The molecule has 0 saturated carbocycles. The number of aliphatic hydroxyl groups is 1. The van der Waals surface area contributed by atoms with E-state index in [1.54, 1.807) is 0 Å². The Balaban J connectivity index is 2.64. The molecule has 0 aliphatic rings. The lowest BCUT2D eigenvalue weighted by Gasteiger charge is -2.06. The maximum atomic E-state index is 12.9. The molecular formula is C11H13FN2O5. The van der Waals surface area contributed by atoms with Gasteiger partial charge in [-0.05, 0) is 12.1 Å². The molecule has 0 aliphatic carbocycles. The van der Waals surface area contributed by atoms with Crippen molar-refractivity contribution in [2.24, 2.45) is 0 Å². The first kappa shape index (κ1) is 15.0. The topological polar surface area (TPSA) is 102 Å². The fourth-order valence-corrected chi connectivity index (χ4v) is 1.35. The van der Waals surface area contributed by atoms with Crippen molar-refractivity contribution in [1.82, 2.24) is 5.32 Å². The first-order valence-electron chi connectivity index (χ1n) is 5.47. The quantitative estimate of drug-likeness (QED) is 0.427. The summed E-state index contributed by atoms with van der Waals surface area (Å²) in [6, 6.07) is 2.72. The third-order valence-electron chi connectivity index (χ3n) is 2.17. The van der Waals surface area contributed by atoms with Crippen molar-refractivity contribution in [1.29, 1.82) is 0 Å². The van der Waals surface area contributed by atoms with E-state index in [1.165, 1.54) is 0 Å². The van der Waals surface area contributed by atoms with Gasteiger partial charge in [-0.25, -0.2) is 4.39 Å². The third-order valence-corrected chi connectivity index (χ3v) is 2.17. The summed E-state index contributed by atoms with van der Waals surface area (Å²) in [7, 11) is 0. The lowest BCUT2D eigenvalue weighted by Crippen LogP contribution is -2.28. The first-order valence-corrected chi connectivity index (χ1v) is 5.47. The maximum Gasteiger partial charge on any atom is 0.285 e. The molecule has 0 radical (unpaired) electrons. The van der Waals surface area contributed by atoms with Gasteiger partial charge in [0.2, 0.25) is 0 Å². The van der Waals surface area contributed by atoms with E-state index >= 15 is 0 Å². The number of hydrogen-bond donors (Lipinski definition) is 2. The van der Waals surface area contributed by atoms with Crippen molar-refractivity contribution in [3.05, 3.63) is 39.7 Å². The highest BCUT2D eigenvalue weighted by atomic mass is 19.1. The smallest absolute Gasteiger partial charge is 0.285 e. The number of ether oxygens (including phenoxy) is 1. The highest BCUT2D eigenvalue weighted by Crippen LogP contribution is 2.19. The van der Waals surface area contributed by atoms with Crippen molar-refractivity contribution >= 4 is 11.6 Å². The van der Waals surface area contributed by atoms with E-state index in [9.17, 15) is 19.3 Å². The molecule has 19 heavy (non-hydrogen) atoms. The molecule has 0 fully saturated rings. The van der Waals surface area contributed by atoms with Gasteiger partial charge in [-0.15, -0.1) is 0 Å². The number of carbonyl (C=O) groups is 1. The fraction of sp³-hybridized carbons (Fsp3) is 0.364. The first-order chi connectivity index (χ1) is 9.06. The van der Waals surface area contributed by atoms with Crippen molar-refractivity contribution in [3.8, 4) is 0 Å². The number of amides is 1. The maximum absolute atomic E-state index is 12.9. The van der Waals surface area contributed by atoms with Gasteiger partial charge in [0, 0.05) is 6.54 Å². The summed E-state index contributed by atoms with van der Waals surface area (Å²) in [6.45, 7) is 0.318. The van der Waals surface area contributed by atoms with Crippen LogP contribution in [0.1, 0.15) is 10.4 Å². The van der Waals surface area contributed by atoms with Gasteiger partial charge in [0.15, 0.2) is 0 Å². The van der Waals surface area contributed by atoms with E-state index in [0.29, 0.717) is 6.07 Å². The second-order valence-electron chi connectivity index (χ2n) is 3.51. The molecule has 0 unspecified atom stereocenters. The molecule has 0 aliphatic heterocycles. The molecule has 1 amide bonds. The molecule has 1 rings (SSSR count). The summed E-state index contributed by atoms with van der Waals surface area (Å²) in [4.78, 5) is 21.6. The Morgan fingerprint density at radius 2 is 2.21 bits per heavy atom. The van der Waals surface area contributed by atoms with Crippen LogP contribution < -0.4 is 5.32 Å². The fourth-order valence-electron chi connectivity index (χ4n) is 1.35. The average Bonchev–Trinajstić information content (AvgIpc) is 2.38. The Kier molecular flexibility index (Phi) is 5.83. The molecule has 0 heterocycles. The Hall–Kier alpha value is -2.06. The van der Waals surface area contributed by atoms with Crippen molar-refractivity contribution in [3.63, 3.8) is 0 Å². The van der Waals surface area contributed by atoms with Crippen LogP contribution in [0.4, 0.5) is 10.1 Å². The van der Waals surface area contributed by atoms with Gasteiger partial charge in [0.05, 0.1) is 30.8 Å². The van der Waals surface area contributed by atoms with Crippen LogP contribution in [0.3, 0.4) is 0 Å². The number of nitro benzene ring substituents is 1. The zero-order chi connectivity index (χ0) is 14.3. The number of benzene rings is 1. The van der Waals surface area contributed by atoms with E-state index in [-0.39, 0.29) is 31.9 Å². The van der Waals surface area contributed by atoms with Crippen LogP contribution in [0, 0.1) is 15.9 Å². The Bertz CT molecular complexity index is 466. The molecule has 0 atom stereocenters. The van der Waals surface area contributed by atoms with Crippen LogP contribution in [-0.4, -0.2) is 42.3 Å². The van der Waals surface area contributed by atoms with Crippen molar-refractivity contribution in [2.75, 3.05) is 26.4 Å². The van der Waals surface area contributed by atoms with Crippen LogP contribution >= 0.6 is 0 Å². The second kappa shape index (κ2) is 7.39. The lowest BCUT2D eigenvalue weighted by atomic mass is 10.1. The van der Waals surface area contributed by atoms with E-state index in [1.807, 2.05) is 0 Å². The SMILES string of the molecule is O=C(NCCOCCO)c1ccc(F)cc1[N+](=O)[O-]. The van der Waals surface area contributed by atoms with E-state index in [2.05, 4.69) is 5.32 Å². The molecule has 1 aromatic carbocycles. The predicted octanol–water partition coefficient (Wildman–Crippen LogP) is 0.473. The largest absolute Gasteiger partial charge is 0.394 e. The predicted molar refractivity (Wildman–Crippen MR) is 63.3 cm³/mol. The van der Waals surface area contributed by atoms with Crippen molar-refractivity contribution in [2.45, 2.75) is 0 Å². The van der Waals surface area contributed by atoms with E-state index in [4.69, 9.17) is 9.84 Å². The summed E-state index contributed by atoms with van der Waals surface area (Å²) >= 11 is 0. The van der Waals surface area contributed by atoms with Gasteiger partial charge in [0.1, 0.15) is 11.4 Å². The van der Waals surface area contributed by atoms with Crippen LogP contribution in [0.15, 0.2) is 18.2 Å². The minimum atomic E-state index is -0.819. The van der Waals surface area contributed by atoms with E-state index < -0.39 is 22.3 Å².